The molecule has 0 rings (SSSR count). The zero-order valence-electron chi connectivity index (χ0n) is 25.1. The smallest absolute Gasteiger partial charge is 0.315 e. The molecule has 0 aliphatic rings. The van der Waals surface area contributed by atoms with E-state index in [4.69, 9.17) is 28.7 Å². The minimum Gasteiger partial charge on any atom is -0.370 e. The highest BCUT2D eigenvalue weighted by atomic mass is 16.2. The monoisotopic (exact) mass is 582 g/mol. The zero-order chi connectivity index (χ0) is 31.2. The Morgan fingerprint density at radius 3 is 1.63 bits per heavy atom. The lowest BCUT2D eigenvalue weighted by Gasteiger charge is -2.20. The molecule has 0 fully saturated rings. The minimum absolute atomic E-state index is 0.00169. The van der Waals surface area contributed by atoms with E-state index in [2.05, 4.69) is 32.9 Å². The Kier molecular flexibility index (Phi) is 20.2. The van der Waals surface area contributed by atoms with Crippen LogP contribution in [0.15, 0.2) is 9.98 Å². The molecule has 0 saturated heterocycles. The van der Waals surface area contributed by atoms with E-state index in [9.17, 15) is 19.2 Å². The van der Waals surface area contributed by atoms with Gasteiger partial charge >= 0.3 is 12.1 Å². The number of carbonyl (C=O) groups excluding carboxylic acids is 4. The molecule has 0 radical (unpaired) electrons. The Balaban J connectivity index is 4.55. The molecular formula is C27H54N10O4. The topological polar surface area (TPSA) is 259 Å². The van der Waals surface area contributed by atoms with Gasteiger partial charge in [0.15, 0.2) is 11.9 Å². The molecule has 0 heterocycles. The predicted molar refractivity (Wildman–Crippen MR) is 163 cm³/mol. The van der Waals surface area contributed by atoms with Crippen LogP contribution in [0, 0.1) is 17.8 Å². The molecule has 0 aliphatic heterocycles. The number of aliphatic imine (C=N–C) groups is 2. The summed E-state index contributed by atoms with van der Waals surface area (Å²) in [6.07, 6.45) is 5.79. The highest BCUT2D eigenvalue weighted by molar-refractivity contribution is 5.80. The first-order valence-electron chi connectivity index (χ1n) is 14.5. The third kappa shape index (κ3) is 24.0. The highest BCUT2D eigenvalue weighted by Gasteiger charge is 2.17. The summed E-state index contributed by atoms with van der Waals surface area (Å²) in [6.45, 7) is 7.58. The standard InChI is InChI=1S/C27H54N10O4/c1-18(6-4-12-33-24(28)29)8-10-22(38)15-20(3)17-36-27(41)37-21(7-5-13-34-25(30)31)9-11-23(39)14-19(2)16-35-26(32)40/h18-21H,4-17H2,1-3H3,(H4,28,29,33)(H4,30,31,34)(H3,32,35,40)(H2,36,37,41)/t18-,19+,20+,21-/m0/s1. The molecule has 0 spiro atoms. The van der Waals surface area contributed by atoms with Gasteiger partial charge in [-0.1, -0.05) is 20.8 Å². The van der Waals surface area contributed by atoms with Crippen molar-refractivity contribution in [3.8, 4) is 0 Å². The van der Waals surface area contributed by atoms with Crippen LogP contribution in [0.5, 0.6) is 0 Å². The SMILES string of the molecule is C[C@@H](CCCN=C(N)N)CCC(=O)C[C@@H](C)CNC(=O)N[C@@H](CCCN=C(N)N)CCC(=O)C[C@@H](C)CNC(N)=O. The molecule has 0 saturated carbocycles. The second-order valence-corrected chi connectivity index (χ2v) is 11.1. The van der Waals surface area contributed by atoms with E-state index in [0.29, 0.717) is 70.6 Å². The molecule has 4 amide bonds. The van der Waals surface area contributed by atoms with Crippen molar-refractivity contribution in [1.29, 1.82) is 0 Å². The summed E-state index contributed by atoms with van der Waals surface area (Å²) in [6, 6.07) is -1.23. The van der Waals surface area contributed by atoms with Crippen molar-refractivity contribution in [1.82, 2.24) is 16.0 Å². The number of primary amides is 1. The maximum absolute atomic E-state index is 12.6. The molecular weight excluding hydrogens is 528 g/mol. The van der Waals surface area contributed by atoms with E-state index in [1.807, 2.05) is 13.8 Å². The summed E-state index contributed by atoms with van der Waals surface area (Å²) in [7, 11) is 0. The molecule has 0 aromatic rings. The molecule has 13 N–H and O–H groups in total. The normalized spacial score (nSPS) is 13.6. The van der Waals surface area contributed by atoms with E-state index in [1.165, 1.54) is 0 Å². The number of urea groups is 2. The van der Waals surface area contributed by atoms with Gasteiger partial charge in [-0.15, -0.1) is 0 Å². The zero-order valence-corrected chi connectivity index (χ0v) is 25.1. The number of carbonyl (C=O) groups is 4. The van der Waals surface area contributed by atoms with Crippen LogP contribution in [0.4, 0.5) is 9.59 Å². The summed E-state index contributed by atoms with van der Waals surface area (Å²) in [4.78, 5) is 56.3. The van der Waals surface area contributed by atoms with Crippen LogP contribution in [0.2, 0.25) is 0 Å². The van der Waals surface area contributed by atoms with Gasteiger partial charge in [0, 0.05) is 57.9 Å². The largest absolute Gasteiger partial charge is 0.370 e. The Morgan fingerprint density at radius 1 is 0.634 bits per heavy atom. The van der Waals surface area contributed by atoms with Gasteiger partial charge in [-0.05, 0) is 56.3 Å². The number of hydrogen-bond donors (Lipinski definition) is 8. The van der Waals surface area contributed by atoms with Crippen molar-refractivity contribution < 1.29 is 19.2 Å². The number of Topliss-reactive ketones (excluding diaryl/α,β-unsaturated/α-hetero) is 2. The fourth-order valence-corrected chi connectivity index (χ4v) is 4.27. The molecule has 0 unspecified atom stereocenters. The number of amides is 4. The van der Waals surface area contributed by atoms with Gasteiger partial charge < -0.3 is 44.6 Å². The summed E-state index contributed by atoms with van der Waals surface area (Å²) in [5.41, 5.74) is 26.5. The van der Waals surface area contributed by atoms with Crippen LogP contribution in [-0.4, -0.2) is 67.8 Å². The Labute approximate surface area is 244 Å². The van der Waals surface area contributed by atoms with E-state index < -0.39 is 6.03 Å². The van der Waals surface area contributed by atoms with E-state index in [1.54, 1.807) is 0 Å². The van der Waals surface area contributed by atoms with Crippen LogP contribution < -0.4 is 44.6 Å². The maximum atomic E-state index is 12.6. The van der Waals surface area contributed by atoms with Crippen molar-refractivity contribution in [3.05, 3.63) is 0 Å². The maximum Gasteiger partial charge on any atom is 0.315 e. The van der Waals surface area contributed by atoms with Gasteiger partial charge in [0.1, 0.15) is 11.6 Å². The number of rotatable bonds is 23. The minimum atomic E-state index is -0.624. The second kappa shape index (κ2) is 22.1. The lowest BCUT2D eigenvalue weighted by Crippen LogP contribution is -2.44. The summed E-state index contributed by atoms with van der Waals surface area (Å²) >= 11 is 0. The average Bonchev–Trinajstić information content (AvgIpc) is 2.88. The molecule has 14 heteroatoms. The lowest BCUT2D eigenvalue weighted by atomic mass is 9.95. The first-order chi connectivity index (χ1) is 19.3. The van der Waals surface area contributed by atoms with Gasteiger partial charge in [-0.2, -0.15) is 0 Å². The molecule has 41 heavy (non-hydrogen) atoms. The van der Waals surface area contributed by atoms with E-state index >= 15 is 0 Å². The van der Waals surface area contributed by atoms with Crippen LogP contribution in [0.3, 0.4) is 0 Å². The summed E-state index contributed by atoms with van der Waals surface area (Å²) < 4.78 is 0. The van der Waals surface area contributed by atoms with Crippen molar-refractivity contribution in [2.24, 2.45) is 56.4 Å². The van der Waals surface area contributed by atoms with Gasteiger partial charge in [0.25, 0.3) is 0 Å². The number of guanidine groups is 2. The Bertz CT molecular complexity index is 857. The van der Waals surface area contributed by atoms with Crippen LogP contribution in [0.1, 0.15) is 85.0 Å². The molecule has 236 valence electrons. The van der Waals surface area contributed by atoms with Gasteiger partial charge in [-0.3, -0.25) is 19.6 Å². The van der Waals surface area contributed by atoms with Crippen molar-refractivity contribution >= 4 is 35.5 Å². The summed E-state index contributed by atoms with van der Waals surface area (Å²) in [5.74, 6) is 0.649. The first kappa shape index (κ1) is 37.4. The van der Waals surface area contributed by atoms with Crippen LogP contribution in [0.25, 0.3) is 0 Å². The fraction of sp³-hybridized carbons (Fsp3) is 0.778. The average molecular weight is 583 g/mol. The van der Waals surface area contributed by atoms with Gasteiger partial charge in [0.05, 0.1) is 0 Å². The molecule has 0 aliphatic carbocycles. The molecule has 0 aromatic carbocycles. The fourth-order valence-electron chi connectivity index (χ4n) is 4.27. The quantitative estimate of drug-likeness (QED) is 0.0484. The number of hydrogen-bond acceptors (Lipinski definition) is 6. The van der Waals surface area contributed by atoms with Gasteiger partial charge in [-0.25, -0.2) is 9.59 Å². The van der Waals surface area contributed by atoms with E-state index in [0.717, 1.165) is 19.3 Å². The number of nitrogens with one attached hydrogen (secondary N) is 3. The molecule has 0 bridgehead atoms. The van der Waals surface area contributed by atoms with Crippen LogP contribution in [-0.2, 0) is 9.59 Å². The summed E-state index contributed by atoms with van der Waals surface area (Å²) in [5, 5.41) is 8.28. The van der Waals surface area contributed by atoms with Crippen molar-refractivity contribution in [2.45, 2.75) is 91.0 Å². The molecule has 0 aromatic heterocycles. The Morgan fingerprint density at radius 2 is 1.12 bits per heavy atom. The molecule has 4 atom stereocenters. The predicted octanol–water partition coefficient (Wildman–Crippen LogP) is 0.817. The third-order valence-electron chi connectivity index (χ3n) is 6.57. The second-order valence-electron chi connectivity index (χ2n) is 11.1. The van der Waals surface area contributed by atoms with Crippen molar-refractivity contribution in [2.75, 3.05) is 26.2 Å². The first-order valence-corrected chi connectivity index (χ1v) is 14.5. The van der Waals surface area contributed by atoms with Crippen molar-refractivity contribution in [3.63, 3.8) is 0 Å². The number of ketones is 2. The third-order valence-corrected chi connectivity index (χ3v) is 6.57. The number of nitrogens with zero attached hydrogens (tertiary/aromatic N) is 2. The van der Waals surface area contributed by atoms with E-state index in [-0.39, 0.29) is 53.8 Å². The lowest BCUT2D eigenvalue weighted by molar-refractivity contribution is -0.120. The number of nitrogens with two attached hydrogens (primary N) is 5. The molecule has 14 nitrogen and oxygen atoms in total. The Hall–Kier alpha value is -3.58. The van der Waals surface area contributed by atoms with Crippen LogP contribution >= 0.6 is 0 Å². The van der Waals surface area contributed by atoms with Gasteiger partial charge in [0.2, 0.25) is 0 Å². The highest BCUT2D eigenvalue weighted by Crippen LogP contribution is 2.15.